The van der Waals surface area contributed by atoms with Crippen LogP contribution in [0.5, 0.6) is 11.5 Å². The summed E-state index contributed by atoms with van der Waals surface area (Å²) in [6, 6.07) is 5.82. The molecule has 1 fully saturated rings. The fourth-order valence-corrected chi connectivity index (χ4v) is 2.57. The lowest BCUT2D eigenvalue weighted by Crippen LogP contribution is -2.41. The van der Waals surface area contributed by atoms with Gasteiger partial charge >= 0.3 is 0 Å². The van der Waals surface area contributed by atoms with Gasteiger partial charge in [0.05, 0.1) is 27.4 Å². The molecule has 1 aromatic carbocycles. The minimum atomic E-state index is -0.115. The van der Waals surface area contributed by atoms with Crippen molar-refractivity contribution < 1.29 is 14.2 Å². The van der Waals surface area contributed by atoms with Gasteiger partial charge in [-0.05, 0) is 30.5 Å². The van der Waals surface area contributed by atoms with Gasteiger partial charge in [-0.3, -0.25) is 0 Å². The van der Waals surface area contributed by atoms with Crippen LogP contribution in [0, 0.1) is 0 Å². The van der Waals surface area contributed by atoms with Crippen LogP contribution in [0.15, 0.2) is 18.2 Å². The van der Waals surface area contributed by atoms with Gasteiger partial charge in [-0.25, -0.2) is 0 Å². The maximum absolute atomic E-state index is 6.26. The summed E-state index contributed by atoms with van der Waals surface area (Å²) in [6.45, 7) is 1.18. The Balaban J connectivity index is 1.89. The summed E-state index contributed by atoms with van der Waals surface area (Å²) in [5, 5.41) is 0. The molecule has 4 heteroatoms. The van der Waals surface area contributed by atoms with Gasteiger partial charge in [0.25, 0.3) is 0 Å². The van der Waals surface area contributed by atoms with E-state index >= 15 is 0 Å². The molecule has 1 aliphatic rings. The lowest BCUT2D eigenvalue weighted by atomic mass is 10.0. The van der Waals surface area contributed by atoms with Crippen LogP contribution in [0.4, 0.5) is 0 Å². The van der Waals surface area contributed by atoms with E-state index in [1.165, 1.54) is 12.8 Å². The second-order valence-corrected chi connectivity index (χ2v) is 5.25. The summed E-state index contributed by atoms with van der Waals surface area (Å²) in [7, 11) is 3.27. The topological polar surface area (TPSA) is 53.7 Å². The molecule has 0 radical (unpaired) electrons. The average molecular weight is 265 g/mol. The number of benzene rings is 1. The maximum atomic E-state index is 6.26. The van der Waals surface area contributed by atoms with Gasteiger partial charge in [-0.2, -0.15) is 0 Å². The molecular weight excluding hydrogens is 242 g/mol. The first-order valence-electron chi connectivity index (χ1n) is 6.74. The van der Waals surface area contributed by atoms with E-state index in [1.807, 2.05) is 18.2 Å². The van der Waals surface area contributed by atoms with Crippen molar-refractivity contribution in [1.82, 2.24) is 0 Å². The molecule has 1 saturated carbocycles. The number of hydrogen-bond acceptors (Lipinski definition) is 4. The zero-order chi connectivity index (χ0) is 13.7. The molecule has 106 valence electrons. The number of rotatable bonds is 6. The third-order valence-electron chi connectivity index (χ3n) is 3.71. The van der Waals surface area contributed by atoms with Crippen molar-refractivity contribution in [1.29, 1.82) is 0 Å². The largest absolute Gasteiger partial charge is 0.493 e. The highest BCUT2D eigenvalue weighted by atomic mass is 16.5. The van der Waals surface area contributed by atoms with Gasteiger partial charge in [0.2, 0.25) is 0 Å². The molecule has 0 bridgehead atoms. The molecule has 19 heavy (non-hydrogen) atoms. The highest BCUT2D eigenvalue weighted by molar-refractivity contribution is 5.42. The molecule has 1 aromatic rings. The maximum Gasteiger partial charge on any atom is 0.161 e. The zero-order valence-electron chi connectivity index (χ0n) is 11.8. The molecule has 0 amide bonds. The first-order valence-corrected chi connectivity index (χ1v) is 6.74. The molecule has 0 saturated heterocycles. The van der Waals surface area contributed by atoms with Crippen LogP contribution >= 0.6 is 0 Å². The lowest BCUT2D eigenvalue weighted by Gasteiger charge is -2.23. The van der Waals surface area contributed by atoms with Gasteiger partial charge in [0.1, 0.15) is 0 Å². The van der Waals surface area contributed by atoms with E-state index in [4.69, 9.17) is 19.9 Å². The van der Waals surface area contributed by atoms with Gasteiger partial charge in [-0.1, -0.05) is 18.9 Å². The number of hydrogen-bond donors (Lipinski definition) is 1. The van der Waals surface area contributed by atoms with E-state index in [9.17, 15) is 0 Å². The molecule has 4 nitrogen and oxygen atoms in total. The van der Waals surface area contributed by atoms with E-state index in [2.05, 4.69) is 0 Å². The van der Waals surface area contributed by atoms with Crippen LogP contribution in [0.2, 0.25) is 0 Å². The van der Waals surface area contributed by atoms with Crippen LogP contribution in [-0.4, -0.2) is 26.4 Å². The Morgan fingerprint density at radius 1 is 1.11 bits per heavy atom. The van der Waals surface area contributed by atoms with Crippen molar-refractivity contribution in [2.45, 2.75) is 37.8 Å². The SMILES string of the molecule is COc1ccc(COCC2(N)CCCC2)cc1OC. The van der Waals surface area contributed by atoms with Gasteiger partial charge in [0, 0.05) is 5.54 Å². The van der Waals surface area contributed by atoms with Crippen molar-refractivity contribution in [3.05, 3.63) is 23.8 Å². The second kappa shape index (κ2) is 6.26. The number of methoxy groups -OCH3 is 2. The Bertz CT molecular complexity index is 414. The van der Waals surface area contributed by atoms with Crippen LogP contribution in [0.3, 0.4) is 0 Å². The average Bonchev–Trinajstić information content (AvgIpc) is 2.85. The quantitative estimate of drug-likeness (QED) is 0.858. The molecular formula is C15H23NO3. The van der Waals surface area contributed by atoms with Crippen LogP contribution in [0.25, 0.3) is 0 Å². The van der Waals surface area contributed by atoms with Crippen molar-refractivity contribution >= 4 is 0 Å². The Morgan fingerprint density at radius 3 is 2.42 bits per heavy atom. The molecule has 0 aliphatic heterocycles. The summed E-state index contributed by atoms with van der Waals surface area (Å²) in [6.07, 6.45) is 4.57. The molecule has 2 rings (SSSR count). The second-order valence-electron chi connectivity index (χ2n) is 5.25. The van der Waals surface area contributed by atoms with Crippen LogP contribution in [-0.2, 0) is 11.3 Å². The van der Waals surface area contributed by atoms with Crippen molar-refractivity contribution in [2.24, 2.45) is 5.73 Å². The number of nitrogens with two attached hydrogens (primary N) is 1. The monoisotopic (exact) mass is 265 g/mol. The molecule has 1 aliphatic carbocycles. The third-order valence-corrected chi connectivity index (χ3v) is 3.71. The summed E-state index contributed by atoms with van der Waals surface area (Å²) in [5.74, 6) is 1.46. The minimum Gasteiger partial charge on any atom is -0.493 e. The Labute approximate surface area is 114 Å². The highest BCUT2D eigenvalue weighted by Gasteiger charge is 2.29. The predicted molar refractivity (Wildman–Crippen MR) is 74.6 cm³/mol. The van der Waals surface area contributed by atoms with E-state index in [-0.39, 0.29) is 5.54 Å². The fourth-order valence-electron chi connectivity index (χ4n) is 2.57. The summed E-state index contributed by atoms with van der Waals surface area (Å²) in [5.41, 5.74) is 7.21. The summed E-state index contributed by atoms with van der Waals surface area (Å²) < 4.78 is 16.2. The van der Waals surface area contributed by atoms with Gasteiger partial charge in [-0.15, -0.1) is 0 Å². The fraction of sp³-hybridized carbons (Fsp3) is 0.600. The van der Waals surface area contributed by atoms with E-state index in [0.29, 0.717) is 13.2 Å². The lowest BCUT2D eigenvalue weighted by molar-refractivity contribution is 0.0749. The summed E-state index contributed by atoms with van der Waals surface area (Å²) >= 11 is 0. The van der Waals surface area contributed by atoms with Crippen molar-refractivity contribution in [2.75, 3.05) is 20.8 Å². The van der Waals surface area contributed by atoms with Crippen molar-refractivity contribution in [3.8, 4) is 11.5 Å². The summed E-state index contributed by atoms with van der Waals surface area (Å²) in [4.78, 5) is 0. The third kappa shape index (κ3) is 3.61. The van der Waals surface area contributed by atoms with E-state index in [1.54, 1.807) is 14.2 Å². The van der Waals surface area contributed by atoms with Crippen LogP contribution < -0.4 is 15.2 Å². The first-order chi connectivity index (χ1) is 9.17. The Kier molecular flexibility index (Phi) is 4.66. The van der Waals surface area contributed by atoms with E-state index in [0.717, 1.165) is 29.9 Å². The Hall–Kier alpha value is -1.26. The highest BCUT2D eigenvalue weighted by Crippen LogP contribution is 2.29. The van der Waals surface area contributed by atoms with Gasteiger partial charge in [0.15, 0.2) is 11.5 Å². The molecule has 0 heterocycles. The molecule has 0 aromatic heterocycles. The minimum absolute atomic E-state index is 0.115. The van der Waals surface area contributed by atoms with Crippen LogP contribution in [0.1, 0.15) is 31.2 Å². The normalized spacial score (nSPS) is 17.4. The predicted octanol–water partition coefficient (Wildman–Crippen LogP) is 2.49. The standard InChI is InChI=1S/C15H23NO3/c1-17-13-6-5-12(9-14(13)18-2)10-19-11-15(16)7-3-4-8-15/h5-6,9H,3-4,7-8,10-11,16H2,1-2H3. The molecule has 0 atom stereocenters. The zero-order valence-corrected chi connectivity index (χ0v) is 11.8. The van der Waals surface area contributed by atoms with E-state index < -0.39 is 0 Å². The molecule has 0 spiro atoms. The molecule has 2 N–H and O–H groups in total. The smallest absolute Gasteiger partial charge is 0.161 e. The van der Waals surface area contributed by atoms with Crippen molar-refractivity contribution in [3.63, 3.8) is 0 Å². The number of ether oxygens (including phenoxy) is 3. The first kappa shape index (κ1) is 14.2. The Morgan fingerprint density at radius 2 is 1.79 bits per heavy atom. The van der Waals surface area contributed by atoms with Gasteiger partial charge < -0.3 is 19.9 Å². The molecule has 0 unspecified atom stereocenters.